The van der Waals surface area contributed by atoms with Gasteiger partial charge in [0.15, 0.2) is 5.13 Å². The summed E-state index contributed by atoms with van der Waals surface area (Å²) >= 11 is 2.29. The Morgan fingerprint density at radius 3 is 2.97 bits per heavy atom. The van der Waals surface area contributed by atoms with Gasteiger partial charge in [0.25, 0.3) is 0 Å². The van der Waals surface area contributed by atoms with Crippen molar-refractivity contribution in [2.24, 2.45) is 0 Å². The fraction of sp³-hybridized carbons (Fsp3) is 0.300. The smallest absolute Gasteiger partial charge is 0.246 e. The molecule has 1 amide bonds. The molecule has 3 heterocycles. The molecule has 1 aliphatic rings. The van der Waals surface area contributed by atoms with E-state index in [1.807, 2.05) is 25.1 Å². The fourth-order valence-corrected chi connectivity index (χ4v) is 7.12. The molecule has 0 radical (unpaired) electrons. The summed E-state index contributed by atoms with van der Waals surface area (Å²) < 4.78 is 42.7. The molecule has 12 heteroatoms. The highest BCUT2D eigenvalue weighted by atomic mass is 32.2. The number of nitrogens with one attached hydrogen (secondary N) is 1. The van der Waals surface area contributed by atoms with Crippen molar-refractivity contribution in [1.29, 1.82) is 0 Å². The first-order chi connectivity index (χ1) is 15.5. The Morgan fingerprint density at radius 2 is 2.12 bits per heavy atom. The first-order valence-corrected chi connectivity index (χ1v) is 13.0. The number of amides is 1. The van der Waals surface area contributed by atoms with Crippen molar-refractivity contribution in [2.75, 3.05) is 18.5 Å². The normalized spacial score (nSPS) is 17.2. The van der Waals surface area contributed by atoms with E-state index in [0.717, 1.165) is 27.7 Å². The van der Waals surface area contributed by atoms with Gasteiger partial charge in [-0.25, -0.2) is 13.4 Å². The molecule has 0 saturated carbocycles. The number of hydrogen-bond acceptors (Lipinski definition) is 9. The maximum Gasteiger partial charge on any atom is 0.246 e. The van der Waals surface area contributed by atoms with Gasteiger partial charge in [-0.3, -0.25) is 4.79 Å². The number of anilines is 1. The number of rotatable bonds is 6. The van der Waals surface area contributed by atoms with E-state index in [1.165, 1.54) is 21.7 Å². The van der Waals surface area contributed by atoms with E-state index in [-0.39, 0.29) is 11.4 Å². The second-order valence-electron chi connectivity index (χ2n) is 7.23. The first-order valence-electron chi connectivity index (χ1n) is 10.0. The fourth-order valence-electron chi connectivity index (χ4n) is 3.81. The SMILES string of the molecule is CCOc1ccc2nc(NC(=O)[C@@H]3CCCN3S(=O)(=O)c3cccc4nsnc34)sc2c1. The molecule has 9 nitrogen and oxygen atoms in total. The van der Waals surface area contributed by atoms with Crippen LogP contribution in [0.5, 0.6) is 5.75 Å². The van der Waals surface area contributed by atoms with Crippen LogP contribution in [-0.2, 0) is 14.8 Å². The van der Waals surface area contributed by atoms with Crippen molar-refractivity contribution in [2.45, 2.75) is 30.7 Å². The maximum atomic E-state index is 13.4. The molecule has 1 fully saturated rings. The Balaban J connectivity index is 1.40. The van der Waals surface area contributed by atoms with Crippen LogP contribution in [-0.4, -0.2) is 51.6 Å². The van der Waals surface area contributed by atoms with Crippen molar-refractivity contribution in [3.8, 4) is 5.75 Å². The number of carbonyl (C=O) groups is 1. The molecule has 32 heavy (non-hydrogen) atoms. The molecule has 1 atom stereocenters. The molecule has 1 aliphatic heterocycles. The molecule has 2 aromatic carbocycles. The summed E-state index contributed by atoms with van der Waals surface area (Å²) in [5.74, 6) is 0.346. The van der Waals surface area contributed by atoms with Crippen molar-refractivity contribution < 1.29 is 17.9 Å². The van der Waals surface area contributed by atoms with Crippen LogP contribution in [0.3, 0.4) is 0 Å². The summed E-state index contributed by atoms with van der Waals surface area (Å²) in [4.78, 5) is 17.6. The van der Waals surface area contributed by atoms with Gasteiger partial charge in [0.1, 0.15) is 27.7 Å². The van der Waals surface area contributed by atoms with Crippen LogP contribution < -0.4 is 10.1 Å². The van der Waals surface area contributed by atoms with Crippen molar-refractivity contribution >= 4 is 65.4 Å². The zero-order valence-corrected chi connectivity index (χ0v) is 19.5. The van der Waals surface area contributed by atoms with E-state index in [2.05, 4.69) is 19.0 Å². The average Bonchev–Trinajstić information content (AvgIpc) is 3.51. The number of aromatic nitrogens is 3. The second-order valence-corrected chi connectivity index (χ2v) is 10.7. The molecule has 0 bridgehead atoms. The van der Waals surface area contributed by atoms with Crippen molar-refractivity contribution in [3.05, 3.63) is 36.4 Å². The Labute approximate surface area is 192 Å². The zero-order valence-electron chi connectivity index (χ0n) is 17.0. The predicted octanol–water partition coefficient (Wildman–Crippen LogP) is 3.49. The van der Waals surface area contributed by atoms with Crippen LogP contribution in [0, 0.1) is 0 Å². The molecular weight excluding hydrogens is 470 g/mol. The van der Waals surface area contributed by atoms with Gasteiger partial charge in [-0.15, -0.1) is 0 Å². The standard InChI is InChI=1S/C20H19N5O4S3/c1-2-29-12-8-9-13-16(11-12)30-20(21-13)22-19(26)15-6-4-10-25(15)32(27,28)17-7-3-5-14-18(17)24-31-23-14/h3,5,7-9,11,15H,2,4,6,10H2,1H3,(H,21,22,26)/t15-/m0/s1. The van der Waals surface area contributed by atoms with Crippen LogP contribution >= 0.6 is 23.1 Å². The van der Waals surface area contributed by atoms with Gasteiger partial charge < -0.3 is 10.1 Å². The maximum absolute atomic E-state index is 13.4. The van der Waals surface area contributed by atoms with Crippen molar-refractivity contribution in [1.82, 2.24) is 18.0 Å². The number of fused-ring (bicyclic) bond motifs is 2. The third kappa shape index (κ3) is 3.72. The molecule has 1 saturated heterocycles. The van der Waals surface area contributed by atoms with Gasteiger partial charge in [-0.1, -0.05) is 17.4 Å². The van der Waals surface area contributed by atoms with Gasteiger partial charge in [0, 0.05) is 6.54 Å². The summed E-state index contributed by atoms with van der Waals surface area (Å²) in [5, 5.41) is 3.23. The van der Waals surface area contributed by atoms with E-state index in [1.54, 1.807) is 12.1 Å². The number of thiazole rings is 1. The lowest BCUT2D eigenvalue weighted by atomic mass is 10.2. The highest BCUT2D eigenvalue weighted by Crippen LogP contribution is 2.32. The second kappa shape index (κ2) is 8.35. The van der Waals surface area contributed by atoms with Gasteiger partial charge in [0.2, 0.25) is 15.9 Å². The average molecular weight is 490 g/mol. The summed E-state index contributed by atoms with van der Waals surface area (Å²) in [7, 11) is -3.92. The number of nitrogens with zero attached hydrogens (tertiary/aromatic N) is 4. The van der Waals surface area contributed by atoms with E-state index in [4.69, 9.17) is 4.74 Å². The van der Waals surface area contributed by atoms with Crippen LogP contribution in [0.2, 0.25) is 0 Å². The van der Waals surface area contributed by atoms with Gasteiger partial charge in [-0.05, 0) is 50.1 Å². The predicted molar refractivity (Wildman–Crippen MR) is 124 cm³/mol. The molecule has 0 aliphatic carbocycles. The number of sulfonamides is 1. The number of ether oxygens (including phenoxy) is 1. The molecule has 0 spiro atoms. The van der Waals surface area contributed by atoms with E-state index >= 15 is 0 Å². The minimum absolute atomic E-state index is 0.0758. The van der Waals surface area contributed by atoms with Crippen LogP contribution in [0.15, 0.2) is 41.3 Å². The van der Waals surface area contributed by atoms with E-state index in [0.29, 0.717) is 35.6 Å². The zero-order chi connectivity index (χ0) is 22.3. The molecule has 5 rings (SSSR count). The lowest BCUT2D eigenvalue weighted by Gasteiger charge is -2.23. The van der Waals surface area contributed by atoms with Gasteiger partial charge >= 0.3 is 0 Å². The lowest BCUT2D eigenvalue weighted by molar-refractivity contribution is -0.119. The van der Waals surface area contributed by atoms with Crippen LogP contribution in [0.4, 0.5) is 5.13 Å². The van der Waals surface area contributed by atoms with E-state index in [9.17, 15) is 13.2 Å². The Bertz CT molecular complexity index is 1420. The summed E-state index contributed by atoms with van der Waals surface area (Å²) in [6.45, 7) is 2.74. The van der Waals surface area contributed by atoms with Crippen LogP contribution in [0.1, 0.15) is 19.8 Å². The molecular formula is C20H19N5O4S3. The lowest BCUT2D eigenvalue weighted by Crippen LogP contribution is -2.43. The monoisotopic (exact) mass is 489 g/mol. The topological polar surface area (TPSA) is 114 Å². The quantitative estimate of drug-likeness (QED) is 0.441. The first kappa shape index (κ1) is 21.2. The Hall–Kier alpha value is -2.67. The highest BCUT2D eigenvalue weighted by Gasteiger charge is 2.40. The largest absolute Gasteiger partial charge is 0.494 e. The minimum Gasteiger partial charge on any atom is -0.494 e. The Morgan fingerprint density at radius 1 is 1.25 bits per heavy atom. The summed E-state index contributed by atoms with van der Waals surface area (Å²) in [6, 6.07) is 9.59. The van der Waals surface area contributed by atoms with E-state index < -0.39 is 22.0 Å². The Kier molecular flexibility index (Phi) is 5.53. The summed E-state index contributed by atoms with van der Waals surface area (Å²) in [5.41, 5.74) is 1.60. The molecule has 166 valence electrons. The number of hydrogen-bond donors (Lipinski definition) is 1. The molecule has 2 aromatic heterocycles. The number of benzene rings is 2. The minimum atomic E-state index is -3.92. The number of carbonyl (C=O) groups excluding carboxylic acids is 1. The van der Waals surface area contributed by atoms with Crippen LogP contribution in [0.25, 0.3) is 21.3 Å². The van der Waals surface area contributed by atoms with Crippen molar-refractivity contribution in [3.63, 3.8) is 0 Å². The third-order valence-corrected chi connectivity index (χ3v) is 8.66. The third-order valence-electron chi connectivity index (χ3n) is 5.24. The summed E-state index contributed by atoms with van der Waals surface area (Å²) in [6.07, 6.45) is 1.04. The molecule has 0 unspecified atom stereocenters. The molecule has 4 aromatic rings. The highest BCUT2D eigenvalue weighted by molar-refractivity contribution is 7.89. The van der Waals surface area contributed by atoms with Gasteiger partial charge in [-0.2, -0.15) is 13.1 Å². The molecule has 1 N–H and O–H groups in total. The van der Waals surface area contributed by atoms with Gasteiger partial charge in [0.05, 0.1) is 28.6 Å².